The minimum absolute atomic E-state index is 0.169. The van der Waals surface area contributed by atoms with Crippen molar-refractivity contribution in [3.63, 3.8) is 0 Å². The molecule has 2 fully saturated rings. The van der Waals surface area contributed by atoms with Crippen LogP contribution in [-0.2, 0) is 10.1 Å². The van der Waals surface area contributed by atoms with E-state index >= 15 is 0 Å². The molecule has 0 amide bonds. The fourth-order valence-corrected chi connectivity index (χ4v) is 5.80. The Bertz CT molecular complexity index is 1030. The normalized spacial score (nSPS) is 22.3. The lowest BCUT2D eigenvalue weighted by Gasteiger charge is -2.29. The smallest absolute Gasteiger partial charge is 0.265 e. The molecular formula is C25H31FO5S. The highest BCUT2D eigenvalue weighted by atomic mass is 32.2. The van der Waals surface area contributed by atoms with E-state index in [1.807, 2.05) is 30.3 Å². The standard InChI is InChI=1S/C25H31FO5S/c1-30-21-11-12-25(26)23(14-21)18-7-5-17(6-8-18)15-31-22-4-2-3-20(13-22)24(19-9-10-19)16-32(27,28)29/h2-4,11-14,17-19,24H,5-10,15-16H2,1H3,(H,27,28,29). The maximum atomic E-state index is 14.3. The van der Waals surface area contributed by atoms with Gasteiger partial charge in [-0.15, -0.1) is 0 Å². The van der Waals surface area contributed by atoms with Crippen LogP contribution in [0.1, 0.15) is 61.5 Å². The summed E-state index contributed by atoms with van der Waals surface area (Å²) in [7, 11) is -2.44. The van der Waals surface area contributed by atoms with Crippen LogP contribution in [0.2, 0.25) is 0 Å². The molecule has 2 aromatic carbocycles. The molecule has 1 N–H and O–H groups in total. The molecule has 2 aliphatic rings. The maximum absolute atomic E-state index is 14.3. The van der Waals surface area contributed by atoms with Crippen LogP contribution < -0.4 is 9.47 Å². The van der Waals surface area contributed by atoms with Crippen molar-refractivity contribution in [1.82, 2.24) is 0 Å². The lowest BCUT2D eigenvalue weighted by atomic mass is 9.79. The molecular weight excluding hydrogens is 431 g/mol. The van der Waals surface area contributed by atoms with Gasteiger partial charge in [-0.05, 0) is 97.7 Å². The number of hydrogen-bond acceptors (Lipinski definition) is 4. The van der Waals surface area contributed by atoms with Gasteiger partial charge in [0, 0.05) is 5.92 Å². The number of ether oxygens (including phenoxy) is 2. The van der Waals surface area contributed by atoms with Crippen LogP contribution in [0.25, 0.3) is 0 Å². The van der Waals surface area contributed by atoms with Gasteiger partial charge in [0.15, 0.2) is 0 Å². The molecule has 174 valence electrons. The van der Waals surface area contributed by atoms with Crippen LogP contribution in [0, 0.1) is 17.7 Å². The van der Waals surface area contributed by atoms with E-state index in [2.05, 4.69) is 0 Å². The lowest BCUT2D eigenvalue weighted by Crippen LogP contribution is -2.20. The Hall–Kier alpha value is -2.12. The highest BCUT2D eigenvalue weighted by Gasteiger charge is 2.35. The zero-order valence-corrected chi connectivity index (χ0v) is 19.2. The predicted octanol–water partition coefficient (Wildman–Crippen LogP) is 5.57. The largest absolute Gasteiger partial charge is 0.497 e. The third kappa shape index (κ3) is 6.01. The van der Waals surface area contributed by atoms with Crippen LogP contribution in [0.4, 0.5) is 4.39 Å². The Kier molecular flexibility index (Phi) is 7.05. The summed E-state index contributed by atoms with van der Waals surface area (Å²) in [5, 5.41) is 0. The first-order valence-electron chi connectivity index (χ1n) is 11.3. The first-order valence-corrected chi connectivity index (χ1v) is 12.9. The molecule has 0 spiro atoms. The average Bonchev–Trinajstić information content (AvgIpc) is 3.62. The second-order valence-corrected chi connectivity index (χ2v) is 10.7. The van der Waals surface area contributed by atoms with E-state index in [1.165, 1.54) is 6.07 Å². The molecule has 0 aromatic heterocycles. The quantitative estimate of drug-likeness (QED) is 0.493. The van der Waals surface area contributed by atoms with Crippen molar-refractivity contribution in [2.45, 2.75) is 50.4 Å². The van der Waals surface area contributed by atoms with Crippen molar-refractivity contribution in [3.8, 4) is 11.5 Å². The lowest BCUT2D eigenvalue weighted by molar-refractivity contribution is 0.199. The Morgan fingerprint density at radius 2 is 1.78 bits per heavy atom. The highest BCUT2D eigenvalue weighted by molar-refractivity contribution is 7.85. The topological polar surface area (TPSA) is 72.8 Å². The third-order valence-corrected chi connectivity index (χ3v) is 7.62. The van der Waals surface area contributed by atoms with Gasteiger partial charge < -0.3 is 9.47 Å². The van der Waals surface area contributed by atoms with E-state index in [1.54, 1.807) is 13.2 Å². The van der Waals surface area contributed by atoms with Gasteiger partial charge in [0.25, 0.3) is 10.1 Å². The molecule has 0 aliphatic heterocycles. The molecule has 0 heterocycles. The van der Waals surface area contributed by atoms with Gasteiger partial charge in [-0.3, -0.25) is 4.55 Å². The Morgan fingerprint density at radius 1 is 1.03 bits per heavy atom. The minimum Gasteiger partial charge on any atom is -0.497 e. The monoisotopic (exact) mass is 462 g/mol. The fraction of sp³-hybridized carbons (Fsp3) is 0.520. The van der Waals surface area contributed by atoms with Crippen molar-refractivity contribution in [3.05, 3.63) is 59.4 Å². The van der Waals surface area contributed by atoms with Crippen molar-refractivity contribution >= 4 is 10.1 Å². The Labute approximate surface area is 189 Å². The van der Waals surface area contributed by atoms with Gasteiger partial charge in [0.2, 0.25) is 0 Å². The first kappa shape index (κ1) is 23.1. The van der Waals surface area contributed by atoms with E-state index in [-0.39, 0.29) is 23.4 Å². The minimum atomic E-state index is -4.03. The van der Waals surface area contributed by atoms with Crippen molar-refractivity contribution in [2.75, 3.05) is 19.5 Å². The zero-order valence-electron chi connectivity index (χ0n) is 18.4. The molecule has 2 aliphatic carbocycles. The number of halogens is 1. The Morgan fingerprint density at radius 3 is 2.44 bits per heavy atom. The van der Waals surface area contributed by atoms with Crippen LogP contribution in [-0.4, -0.2) is 32.4 Å². The highest BCUT2D eigenvalue weighted by Crippen LogP contribution is 2.44. The van der Waals surface area contributed by atoms with E-state index in [4.69, 9.17) is 9.47 Å². The van der Waals surface area contributed by atoms with Gasteiger partial charge in [0.1, 0.15) is 17.3 Å². The molecule has 0 bridgehead atoms. The first-order chi connectivity index (χ1) is 15.3. The van der Waals surface area contributed by atoms with Crippen LogP contribution >= 0.6 is 0 Å². The molecule has 7 heteroatoms. The molecule has 1 unspecified atom stereocenters. The molecule has 32 heavy (non-hydrogen) atoms. The van der Waals surface area contributed by atoms with E-state index in [0.29, 0.717) is 24.2 Å². The van der Waals surface area contributed by atoms with Gasteiger partial charge in [-0.25, -0.2) is 4.39 Å². The van der Waals surface area contributed by atoms with E-state index in [9.17, 15) is 17.4 Å². The van der Waals surface area contributed by atoms with Gasteiger partial charge in [-0.1, -0.05) is 12.1 Å². The third-order valence-electron chi connectivity index (χ3n) is 6.84. The Balaban J connectivity index is 1.33. The summed E-state index contributed by atoms with van der Waals surface area (Å²) in [6.07, 6.45) is 5.74. The summed E-state index contributed by atoms with van der Waals surface area (Å²) in [5.74, 6) is 1.71. The predicted molar refractivity (Wildman–Crippen MR) is 121 cm³/mol. The summed E-state index contributed by atoms with van der Waals surface area (Å²) in [5.41, 5.74) is 1.64. The molecule has 1 atom stereocenters. The van der Waals surface area contributed by atoms with Crippen LogP contribution in [0.3, 0.4) is 0 Å². The molecule has 2 aromatic rings. The fourth-order valence-electron chi connectivity index (χ4n) is 4.88. The van der Waals surface area contributed by atoms with Crippen LogP contribution in [0.5, 0.6) is 11.5 Å². The summed E-state index contributed by atoms with van der Waals surface area (Å²) in [4.78, 5) is 0. The number of methoxy groups -OCH3 is 1. The zero-order chi connectivity index (χ0) is 22.7. The summed E-state index contributed by atoms with van der Waals surface area (Å²) < 4.78 is 57.8. The second-order valence-electron chi connectivity index (χ2n) is 9.18. The molecule has 4 rings (SSSR count). The van der Waals surface area contributed by atoms with E-state index in [0.717, 1.165) is 55.4 Å². The average molecular weight is 463 g/mol. The summed E-state index contributed by atoms with van der Waals surface area (Å²) >= 11 is 0. The maximum Gasteiger partial charge on any atom is 0.265 e. The SMILES string of the molecule is COc1ccc(F)c(C2CCC(COc3cccc(C(CS(=O)(=O)O)C4CC4)c3)CC2)c1. The number of hydrogen-bond donors (Lipinski definition) is 1. The molecule has 5 nitrogen and oxygen atoms in total. The number of benzene rings is 2. The summed E-state index contributed by atoms with van der Waals surface area (Å²) in [6.45, 7) is 0.586. The molecule has 2 saturated carbocycles. The van der Waals surface area contributed by atoms with Gasteiger partial charge in [0.05, 0.1) is 19.5 Å². The summed E-state index contributed by atoms with van der Waals surface area (Å²) in [6, 6.07) is 12.5. The van der Waals surface area contributed by atoms with Gasteiger partial charge >= 0.3 is 0 Å². The number of rotatable bonds is 9. The van der Waals surface area contributed by atoms with Gasteiger partial charge in [-0.2, -0.15) is 8.42 Å². The molecule has 0 saturated heterocycles. The van der Waals surface area contributed by atoms with E-state index < -0.39 is 10.1 Å². The van der Waals surface area contributed by atoms with Crippen molar-refractivity contribution in [2.24, 2.45) is 11.8 Å². The van der Waals surface area contributed by atoms with Crippen molar-refractivity contribution in [1.29, 1.82) is 0 Å². The molecule has 0 radical (unpaired) electrons. The second kappa shape index (κ2) is 9.79. The van der Waals surface area contributed by atoms with Crippen LogP contribution in [0.15, 0.2) is 42.5 Å². The van der Waals surface area contributed by atoms with Crippen molar-refractivity contribution < 1.29 is 26.8 Å².